The molecule has 1 fully saturated rings. The van der Waals surface area contributed by atoms with Crippen molar-refractivity contribution in [1.29, 1.82) is 5.26 Å². The quantitative estimate of drug-likeness (QED) is 0.441. The van der Waals surface area contributed by atoms with Gasteiger partial charge in [-0.25, -0.2) is 0 Å². The van der Waals surface area contributed by atoms with E-state index >= 15 is 0 Å². The highest BCUT2D eigenvalue weighted by Gasteiger charge is 2.50. The highest BCUT2D eigenvalue weighted by atomic mass is 35.5. The maximum Gasteiger partial charge on any atom is 0.123 e. The molecule has 1 aliphatic rings. The van der Waals surface area contributed by atoms with E-state index in [2.05, 4.69) is 11.8 Å². The normalized spacial score (nSPS) is 21.8. The summed E-state index contributed by atoms with van der Waals surface area (Å²) in [7, 11) is 0. The second kappa shape index (κ2) is 5.28. The second-order valence-corrected chi connectivity index (χ2v) is 5.98. The van der Waals surface area contributed by atoms with Gasteiger partial charge in [0.05, 0.1) is 19.1 Å². The predicted molar refractivity (Wildman–Crippen MR) is 65.2 cm³/mol. The third-order valence-electron chi connectivity index (χ3n) is 2.37. The molecule has 4 heteroatoms. The maximum atomic E-state index is 8.38. The zero-order valence-corrected chi connectivity index (χ0v) is 11.0. The minimum atomic E-state index is -0.555. The molecule has 0 bridgehead atoms. The van der Waals surface area contributed by atoms with E-state index in [1.165, 1.54) is 0 Å². The van der Waals surface area contributed by atoms with Crippen LogP contribution in [0.25, 0.3) is 0 Å². The molecule has 0 aromatic heterocycles. The molecule has 2 nitrogen and oxygen atoms in total. The highest BCUT2D eigenvalue weighted by molar-refractivity contribution is 6.50. The zero-order valence-electron chi connectivity index (χ0n) is 9.52. The van der Waals surface area contributed by atoms with E-state index in [0.717, 1.165) is 6.42 Å². The van der Waals surface area contributed by atoms with Gasteiger partial charge in [-0.05, 0) is 20.3 Å². The van der Waals surface area contributed by atoms with Crippen LogP contribution in [-0.4, -0.2) is 16.5 Å². The standard InChI is InChI=1S/C12H15Cl2NO/c1-11(2,16-8-4-7-15)6-3-5-10-9-12(10,13)14/h10H,4-5,8-9H2,1-2H3. The number of hydrogen-bond acceptors (Lipinski definition) is 2. The molecule has 1 unspecified atom stereocenters. The smallest absolute Gasteiger partial charge is 0.123 e. The Morgan fingerprint density at radius 1 is 1.50 bits per heavy atom. The Kier molecular flexibility index (Phi) is 4.51. The molecule has 0 radical (unpaired) electrons. The number of hydrogen-bond donors (Lipinski definition) is 0. The van der Waals surface area contributed by atoms with Crippen LogP contribution >= 0.6 is 23.2 Å². The maximum absolute atomic E-state index is 8.38. The molecule has 0 aromatic carbocycles. The van der Waals surface area contributed by atoms with E-state index in [0.29, 0.717) is 25.4 Å². The summed E-state index contributed by atoms with van der Waals surface area (Å²) in [6.45, 7) is 4.19. The van der Waals surface area contributed by atoms with Gasteiger partial charge in [0.1, 0.15) is 9.93 Å². The van der Waals surface area contributed by atoms with Crippen LogP contribution < -0.4 is 0 Å². The summed E-state index contributed by atoms with van der Waals surface area (Å²) in [6, 6.07) is 2.03. The van der Waals surface area contributed by atoms with Crippen LogP contribution in [0.2, 0.25) is 0 Å². The van der Waals surface area contributed by atoms with E-state index < -0.39 is 9.93 Å². The monoisotopic (exact) mass is 259 g/mol. The first-order valence-corrected chi connectivity index (χ1v) is 6.02. The molecule has 0 saturated heterocycles. The number of nitriles is 1. The lowest BCUT2D eigenvalue weighted by molar-refractivity contribution is 0.0307. The van der Waals surface area contributed by atoms with Crippen LogP contribution in [-0.2, 0) is 4.74 Å². The van der Waals surface area contributed by atoms with Crippen molar-refractivity contribution in [2.75, 3.05) is 6.61 Å². The Bertz CT molecular complexity index is 346. The summed E-state index contributed by atoms with van der Waals surface area (Å²) >= 11 is 11.8. The van der Waals surface area contributed by atoms with Gasteiger partial charge >= 0.3 is 0 Å². The van der Waals surface area contributed by atoms with Crippen LogP contribution in [0, 0.1) is 29.1 Å². The first-order valence-electron chi connectivity index (χ1n) is 5.26. The minimum absolute atomic E-state index is 0.290. The van der Waals surface area contributed by atoms with Gasteiger partial charge in [0.2, 0.25) is 0 Å². The molecule has 0 aromatic rings. The first-order chi connectivity index (χ1) is 7.37. The molecular formula is C12H15Cl2NO. The average Bonchev–Trinajstić information content (AvgIpc) is 2.74. The van der Waals surface area contributed by atoms with Crippen molar-refractivity contribution in [3.63, 3.8) is 0 Å². The van der Waals surface area contributed by atoms with Crippen LogP contribution in [0.1, 0.15) is 33.1 Å². The lowest BCUT2D eigenvalue weighted by Crippen LogP contribution is -2.22. The van der Waals surface area contributed by atoms with Gasteiger partial charge in [-0.15, -0.1) is 23.2 Å². The summed E-state index contributed by atoms with van der Waals surface area (Å²) in [4.78, 5) is 0. The SMILES string of the molecule is CC(C)(C#CCC1CC1(Cl)Cl)OCCC#N. The second-order valence-electron chi connectivity index (χ2n) is 4.43. The molecule has 1 aliphatic carbocycles. The molecule has 1 saturated carbocycles. The minimum Gasteiger partial charge on any atom is -0.362 e. The van der Waals surface area contributed by atoms with E-state index in [1.807, 2.05) is 19.9 Å². The van der Waals surface area contributed by atoms with Crippen molar-refractivity contribution in [2.45, 2.75) is 43.0 Å². The van der Waals surface area contributed by atoms with Gasteiger partial charge in [0.25, 0.3) is 0 Å². The van der Waals surface area contributed by atoms with Gasteiger partial charge in [-0.2, -0.15) is 5.26 Å². The lowest BCUT2D eigenvalue weighted by Gasteiger charge is -2.17. The topological polar surface area (TPSA) is 33.0 Å². The number of rotatable bonds is 4. The molecule has 0 amide bonds. The Morgan fingerprint density at radius 3 is 2.62 bits per heavy atom. The first kappa shape index (κ1) is 13.7. The molecular weight excluding hydrogens is 245 g/mol. The Hall–Kier alpha value is -0.410. The molecule has 0 spiro atoms. The van der Waals surface area contributed by atoms with Crippen molar-refractivity contribution in [2.24, 2.45) is 5.92 Å². The predicted octanol–water partition coefficient (Wildman–Crippen LogP) is 3.28. The van der Waals surface area contributed by atoms with Crippen molar-refractivity contribution < 1.29 is 4.74 Å². The highest BCUT2D eigenvalue weighted by Crippen LogP contribution is 2.54. The Morgan fingerprint density at radius 2 is 2.12 bits per heavy atom. The summed E-state index contributed by atoms with van der Waals surface area (Å²) in [6.07, 6.45) is 1.92. The number of ether oxygens (including phenoxy) is 1. The van der Waals surface area contributed by atoms with Crippen LogP contribution in [0.15, 0.2) is 0 Å². The van der Waals surface area contributed by atoms with Gasteiger partial charge in [-0.1, -0.05) is 11.8 Å². The molecule has 16 heavy (non-hydrogen) atoms. The fourth-order valence-electron chi connectivity index (χ4n) is 1.27. The molecule has 1 rings (SSSR count). The third-order valence-corrected chi connectivity index (χ3v) is 3.30. The van der Waals surface area contributed by atoms with Crippen LogP contribution in [0.5, 0.6) is 0 Å². The average molecular weight is 260 g/mol. The van der Waals surface area contributed by atoms with Crippen molar-refractivity contribution in [3.8, 4) is 17.9 Å². The molecule has 1 atom stereocenters. The van der Waals surface area contributed by atoms with E-state index in [9.17, 15) is 0 Å². The summed E-state index contributed by atoms with van der Waals surface area (Å²) < 4.78 is 4.91. The molecule has 88 valence electrons. The van der Waals surface area contributed by atoms with E-state index in [4.69, 9.17) is 33.2 Å². The summed E-state index contributed by atoms with van der Waals surface area (Å²) in [5, 5.41) is 8.38. The van der Waals surface area contributed by atoms with Gasteiger partial charge in [0.15, 0.2) is 0 Å². The Balaban J connectivity index is 2.29. The summed E-state index contributed by atoms with van der Waals surface area (Å²) in [5.74, 6) is 6.36. The molecule has 0 heterocycles. The number of halogens is 2. The summed E-state index contributed by atoms with van der Waals surface area (Å²) in [5.41, 5.74) is -0.507. The Labute approximate surface area is 107 Å². The van der Waals surface area contributed by atoms with E-state index in [-0.39, 0.29) is 0 Å². The zero-order chi connectivity index (χ0) is 12.2. The van der Waals surface area contributed by atoms with E-state index in [1.54, 1.807) is 0 Å². The fourth-order valence-corrected chi connectivity index (χ4v) is 1.79. The molecule has 0 N–H and O–H groups in total. The van der Waals surface area contributed by atoms with Gasteiger partial charge < -0.3 is 4.74 Å². The van der Waals surface area contributed by atoms with Crippen LogP contribution in [0.3, 0.4) is 0 Å². The van der Waals surface area contributed by atoms with Crippen LogP contribution in [0.4, 0.5) is 0 Å². The number of nitrogens with zero attached hydrogens (tertiary/aromatic N) is 1. The third kappa shape index (κ3) is 4.62. The van der Waals surface area contributed by atoms with Crippen molar-refractivity contribution in [1.82, 2.24) is 0 Å². The number of alkyl halides is 2. The fraction of sp³-hybridized carbons (Fsp3) is 0.750. The van der Waals surface area contributed by atoms with Crippen molar-refractivity contribution in [3.05, 3.63) is 0 Å². The van der Waals surface area contributed by atoms with Gasteiger partial charge in [0, 0.05) is 12.3 Å². The van der Waals surface area contributed by atoms with Gasteiger partial charge in [-0.3, -0.25) is 0 Å². The molecule has 0 aliphatic heterocycles. The lowest BCUT2D eigenvalue weighted by atomic mass is 10.1. The largest absolute Gasteiger partial charge is 0.362 e. The van der Waals surface area contributed by atoms with Crippen molar-refractivity contribution >= 4 is 23.2 Å².